The van der Waals surface area contributed by atoms with Crippen LogP contribution in [-0.4, -0.2) is 41.2 Å². The molecule has 11 heteroatoms. The molecule has 166 valence electrons. The Kier molecular flexibility index (Phi) is 6.41. The van der Waals surface area contributed by atoms with Crippen molar-refractivity contribution in [1.82, 2.24) is 15.0 Å². The summed E-state index contributed by atoms with van der Waals surface area (Å²) in [5.41, 5.74) is 6.65. The van der Waals surface area contributed by atoms with Crippen LogP contribution in [0.25, 0.3) is 0 Å². The molecule has 0 unspecified atom stereocenters. The lowest BCUT2D eigenvalue weighted by molar-refractivity contribution is 0.0461. The third kappa shape index (κ3) is 4.92. The van der Waals surface area contributed by atoms with Crippen molar-refractivity contribution in [2.75, 3.05) is 31.4 Å². The van der Waals surface area contributed by atoms with E-state index in [2.05, 4.69) is 20.3 Å². The highest BCUT2D eigenvalue weighted by Gasteiger charge is 2.20. The van der Waals surface area contributed by atoms with Gasteiger partial charge < -0.3 is 30.0 Å². The zero-order chi connectivity index (χ0) is 22.5. The summed E-state index contributed by atoms with van der Waals surface area (Å²) in [7, 11) is 1.55. The lowest BCUT2D eigenvalue weighted by Crippen LogP contribution is -2.11. The van der Waals surface area contributed by atoms with Crippen LogP contribution >= 0.6 is 11.6 Å². The van der Waals surface area contributed by atoms with Gasteiger partial charge in [0, 0.05) is 6.42 Å². The Morgan fingerprint density at radius 2 is 2.00 bits per heavy atom. The van der Waals surface area contributed by atoms with Crippen LogP contribution in [0.5, 0.6) is 17.2 Å². The number of esters is 1. The molecule has 1 aliphatic rings. The molecule has 0 radical (unpaired) electrons. The molecule has 3 aromatic rings. The molecule has 0 saturated carbocycles. The summed E-state index contributed by atoms with van der Waals surface area (Å²) in [5.74, 6) is 1.12. The number of nitrogens with one attached hydrogen (secondary N) is 1. The second-order valence-electron chi connectivity index (χ2n) is 6.67. The molecule has 0 spiro atoms. The molecular formula is C21H20ClN5O5. The fraction of sp³-hybridized carbons (Fsp3) is 0.238. The number of ether oxygens (including phenoxy) is 4. The number of aromatic nitrogens is 3. The first kappa shape index (κ1) is 21.4. The minimum Gasteiger partial charge on any atom is -0.495 e. The third-order valence-corrected chi connectivity index (χ3v) is 4.70. The fourth-order valence-electron chi connectivity index (χ4n) is 2.99. The minimum absolute atomic E-state index is 0.0259. The first-order chi connectivity index (χ1) is 15.5. The van der Waals surface area contributed by atoms with Gasteiger partial charge in [0.1, 0.15) is 5.75 Å². The van der Waals surface area contributed by atoms with Crippen LogP contribution in [0.2, 0.25) is 5.02 Å². The van der Waals surface area contributed by atoms with E-state index in [0.29, 0.717) is 36.1 Å². The summed E-state index contributed by atoms with van der Waals surface area (Å²) in [6.45, 7) is 0.731. The van der Waals surface area contributed by atoms with Crippen molar-refractivity contribution in [3.8, 4) is 17.2 Å². The molecule has 10 nitrogen and oxygen atoms in total. The van der Waals surface area contributed by atoms with E-state index in [0.717, 1.165) is 6.42 Å². The van der Waals surface area contributed by atoms with Crippen LogP contribution < -0.4 is 25.3 Å². The molecule has 0 amide bonds. The predicted octanol–water partition coefficient (Wildman–Crippen LogP) is 3.38. The van der Waals surface area contributed by atoms with E-state index in [1.165, 1.54) is 12.1 Å². The van der Waals surface area contributed by atoms with E-state index in [1.807, 2.05) is 12.1 Å². The number of nitrogens with zero attached hydrogens (tertiary/aromatic N) is 3. The van der Waals surface area contributed by atoms with E-state index in [-0.39, 0.29) is 34.9 Å². The highest BCUT2D eigenvalue weighted by molar-refractivity contribution is 6.32. The maximum Gasteiger partial charge on any atom is 0.338 e. The zero-order valence-corrected chi connectivity index (χ0v) is 17.9. The Labute approximate surface area is 188 Å². The molecule has 1 aromatic heterocycles. The largest absolute Gasteiger partial charge is 0.495 e. The first-order valence-electron chi connectivity index (χ1n) is 9.70. The number of methoxy groups -OCH3 is 1. The van der Waals surface area contributed by atoms with Crippen LogP contribution in [0.15, 0.2) is 36.4 Å². The van der Waals surface area contributed by atoms with Gasteiger partial charge in [-0.05, 0) is 24.3 Å². The quantitative estimate of drug-likeness (QED) is 0.531. The van der Waals surface area contributed by atoms with E-state index < -0.39 is 5.97 Å². The molecule has 2 aromatic carbocycles. The molecule has 4 rings (SSSR count). The van der Waals surface area contributed by atoms with Gasteiger partial charge in [-0.15, -0.1) is 0 Å². The number of halogens is 1. The van der Waals surface area contributed by atoms with Gasteiger partial charge >= 0.3 is 5.97 Å². The number of nitrogen functional groups attached to an aromatic ring is 1. The Bertz CT molecular complexity index is 1140. The zero-order valence-electron chi connectivity index (χ0n) is 17.1. The maximum atomic E-state index is 12.6. The average Bonchev–Trinajstić information content (AvgIpc) is 3.03. The molecule has 2 heterocycles. The van der Waals surface area contributed by atoms with Crippen LogP contribution in [0.4, 0.5) is 17.6 Å². The smallest absolute Gasteiger partial charge is 0.338 e. The summed E-state index contributed by atoms with van der Waals surface area (Å²) < 4.78 is 21.8. The van der Waals surface area contributed by atoms with E-state index in [4.69, 9.17) is 36.3 Å². The second-order valence-corrected chi connectivity index (χ2v) is 7.08. The fourth-order valence-corrected chi connectivity index (χ4v) is 3.25. The van der Waals surface area contributed by atoms with Gasteiger partial charge in [0.2, 0.25) is 11.9 Å². The molecular weight excluding hydrogens is 438 g/mol. The third-order valence-electron chi connectivity index (χ3n) is 4.42. The predicted molar refractivity (Wildman–Crippen MR) is 117 cm³/mol. The van der Waals surface area contributed by atoms with E-state index in [1.54, 1.807) is 19.2 Å². The molecule has 3 N–H and O–H groups in total. The number of para-hydroxylation sites is 2. The Hall–Kier alpha value is -3.79. The average molecular weight is 458 g/mol. The number of carbonyl (C=O) groups excluding carboxylic acids is 1. The van der Waals surface area contributed by atoms with Crippen LogP contribution in [0, 0.1) is 0 Å². The van der Waals surface area contributed by atoms with Gasteiger partial charge in [-0.1, -0.05) is 23.7 Å². The molecule has 0 atom stereocenters. The van der Waals surface area contributed by atoms with Crippen molar-refractivity contribution in [1.29, 1.82) is 0 Å². The Morgan fingerprint density at radius 3 is 2.84 bits per heavy atom. The maximum absolute atomic E-state index is 12.6. The molecule has 0 fully saturated rings. The molecule has 0 aliphatic carbocycles. The van der Waals surface area contributed by atoms with Gasteiger partial charge in [-0.25, -0.2) is 4.79 Å². The molecule has 0 bridgehead atoms. The van der Waals surface area contributed by atoms with Crippen molar-refractivity contribution >= 4 is 35.2 Å². The number of nitrogens with two attached hydrogens (primary N) is 1. The Balaban J connectivity index is 1.47. The van der Waals surface area contributed by atoms with Gasteiger partial charge in [-0.3, -0.25) is 0 Å². The highest BCUT2D eigenvalue weighted by atomic mass is 35.5. The highest BCUT2D eigenvalue weighted by Crippen LogP contribution is 2.38. The molecule has 1 aliphatic heterocycles. The number of hydrogen-bond acceptors (Lipinski definition) is 10. The van der Waals surface area contributed by atoms with Gasteiger partial charge in [-0.2, -0.15) is 15.0 Å². The molecule has 32 heavy (non-hydrogen) atoms. The van der Waals surface area contributed by atoms with Crippen molar-refractivity contribution in [3.63, 3.8) is 0 Å². The summed E-state index contributed by atoms with van der Waals surface area (Å²) in [6, 6.07) is 10.3. The monoisotopic (exact) mass is 457 g/mol. The van der Waals surface area contributed by atoms with E-state index in [9.17, 15) is 4.79 Å². The van der Waals surface area contributed by atoms with E-state index >= 15 is 0 Å². The number of carbonyl (C=O) groups is 1. The van der Waals surface area contributed by atoms with Crippen LogP contribution in [-0.2, 0) is 11.3 Å². The lowest BCUT2D eigenvalue weighted by atomic mass is 10.2. The van der Waals surface area contributed by atoms with Gasteiger partial charge in [0.05, 0.1) is 36.6 Å². The Morgan fingerprint density at radius 1 is 1.19 bits per heavy atom. The topological polar surface area (TPSA) is 131 Å². The number of hydrogen-bond donors (Lipinski definition) is 2. The number of fused-ring (bicyclic) bond motifs is 1. The summed E-state index contributed by atoms with van der Waals surface area (Å²) in [6.07, 6.45) is 0.719. The number of rotatable bonds is 6. The standard InChI is InChI=1S/C21H20ClN5O5/c1-29-15-6-3-2-5-14(15)24-21-26-17(25-20(23)27-21)11-32-19(28)12-9-13(22)18-16(10-12)30-7-4-8-31-18/h2-3,5-6,9-10H,4,7-8,11H2,1H3,(H3,23,24,25,26,27). The summed E-state index contributed by atoms with van der Waals surface area (Å²) in [5, 5.41) is 3.28. The minimum atomic E-state index is -0.624. The van der Waals surface area contributed by atoms with Crippen molar-refractivity contribution in [2.45, 2.75) is 13.0 Å². The summed E-state index contributed by atoms with van der Waals surface area (Å²) >= 11 is 6.24. The van der Waals surface area contributed by atoms with Crippen molar-refractivity contribution in [3.05, 3.63) is 52.8 Å². The number of benzene rings is 2. The number of anilines is 3. The van der Waals surface area contributed by atoms with Gasteiger partial charge in [0.15, 0.2) is 23.9 Å². The SMILES string of the molecule is COc1ccccc1Nc1nc(N)nc(COC(=O)c2cc(Cl)c3c(c2)OCCCO3)n1. The second kappa shape index (κ2) is 9.56. The molecule has 0 saturated heterocycles. The van der Waals surface area contributed by atoms with Gasteiger partial charge in [0.25, 0.3) is 0 Å². The summed E-state index contributed by atoms with van der Waals surface area (Å²) in [4.78, 5) is 24.9. The normalized spacial score (nSPS) is 12.6. The van der Waals surface area contributed by atoms with Crippen LogP contribution in [0.3, 0.4) is 0 Å². The van der Waals surface area contributed by atoms with Crippen molar-refractivity contribution in [2.24, 2.45) is 0 Å². The first-order valence-corrected chi connectivity index (χ1v) is 10.1. The lowest BCUT2D eigenvalue weighted by Gasteiger charge is -2.12. The van der Waals surface area contributed by atoms with Crippen molar-refractivity contribution < 1.29 is 23.7 Å². The van der Waals surface area contributed by atoms with Crippen LogP contribution in [0.1, 0.15) is 22.6 Å².